The molecule has 0 amide bonds. The summed E-state index contributed by atoms with van der Waals surface area (Å²) < 4.78 is 24.2. The number of fused-ring (bicyclic) bond motifs is 1. The summed E-state index contributed by atoms with van der Waals surface area (Å²) >= 11 is 0. The van der Waals surface area contributed by atoms with Crippen molar-refractivity contribution < 1.29 is 18.0 Å². The molecule has 112 valence electrons. The van der Waals surface area contributed by atoms with Crippen molar-refractivity contribution >= 4 is 8.80 Å². The second kappa shape index (κ2) is 6.22. The first-order valence-electron chi connectivity index (χ1n) is 7.77. The molecule has 2 rings (SSSR count). The van der Waals surface area contributed by atoms with Gasteiger partial charge in [-0.3, -0.25) is 0 Å². The van der Waals surface area contributed by atoms with Gasteiger partial charge in [0.15, 0.2) is 5.22 Å². The fraction of sp³-hybridized carbons (Fsp3) is 1.00. The number of hydrogen-bond donors (Lipinski definition) is 0. The predicted octanol–water partition coefficient (Wildman–Crippen LogP) is 2.92. The van der Waals surface area contributed by atoms with Crippen LogP contribution in [0, 0.1) is 5.92 Å². The Bertz CT molecular complexity index is 282. The lowest BCUT2D eigenvalue weighted by Gasteiger charge is -2.36. The molecule has 0 aromatic carbocycles. The quantitative estimate of drug-likeness (QED) is 0.508. The molecular weight excluding hydrogens is 260 g/mol. The SMILES string of the molecule is CCO[Si](OCC)(OCC)C12CCC(CC)CC1O2. The molecule has 0 radical (unpaired) electrons. The average molecular weight is 288 g/mol. The van der Waals surface area contributed by atoms with Crippen molar-refractivity contribution in [2.75, 3.05) is 19.8 Å². The van der Waals surface area contributed by atoms with Gasteiger partial charge in [-0.05, 0) is 46.0 Å². The zero-order valence-electron chi connectivity index (χ0n) is 12.7. The van der Waals surface area contributed by atoms with Gasteiger partial charge in [0, 0.05) is 19.8 Å². The van der Waals surface area contributed by atoms with E-state index in [0.29, 0.717) is 25.9 Å². The van der Waals surface area contributed by atoms with E-state index in [9.17, 15) is 0 Å². The maximum absolute atomic E-state index is 6.11. The third-order valence-corrected chi connectivity index (χ3v) is 8.12. The van der Waals surface area contributed by atoms with Crippen molar-refractivity contribution in [3.8, 4) is 0 Å². The van der Waals surface area contributed by atoms with Crippen LogP contribution in [0.25, 0.3) is 0 Å². The van der Waals surface area contributed by atoms with Crippen LogP contribution < -0.4 is 0 Å². The minimum absolute atomic E-state index is 0.235. The first-order chi connectivity index (χ1) is 9.18. The molecule has 1 aliphatic carbocycles. The molecule has 0 N–H and O–H groups in total. The van der Waals surface area contributed by atoms with E-state index in [1.165, 1.54) is 12.8 Å². The number of rotatable bonds is 8. The third-order valence-electron chi connectivity index (χ3n) is 4.39. The molecule has 1 aliphatic heterocycles. The van der Waals surface area contributed by atoms with Crippen LogP contribution >= 0.6 is 0 Å². The second-order valence-electron chi connectivity index (χ2n) is 5.40. The minimum atomic E-state index is -2.71. The second-order valence-corrected chi connectivity index (χ2v) is 8.22. The molecular formula is C14H28O4Si. The Labute approximate surface area is 118 Å². The van der Waals surface area contributed by atoms with Gasteiger partial charge in [-0.15, -0.1) is 0 Å². The van der Waals surface area contributed by atoms with Crippen LogP contribution in [0.5, 0.6) is 0 Å². The smallest absolute Gasteiger partial charge is 0.372 e. The van der Waals surface area contributed by atoms with Crippen molar-refractivity contribution in [1.29, 1.82) is 0 Å². The van der Waals surface area contributed by atoms with Crippen LogP contribution in [0.4, 0.5) is 0 Å². The van der Waals surface area contributed by atoms with E-state index in [1.807, 2.05) is 20.8 Å². The molecule has 1 heterocycles. The lowest BCUT2D eigenvalue weighted by atomic mass is 9.87. The van der Waals surface area contributed by atoms with Gasteiger partial charge in [-0.2, -0.15) is 0 Å². The van der Waals surface area contributed by atoms with Crippen LogP contribution in [-0.4, -0.2) is 40.0 Å². The molecule has 3 atom stereocenters. The molecule has 2 fully saturated rings. The molecule has 0 bridgehead atoms. The molecule has 0 spiro atoms. The van der Waals surface area contributed by atoms with Crippen LogP contribution in [0.2, 0.25) is 0 Å². The molecule has 0 aromatic rings. The topological polar surface area (TPSA) is 40.2 Å². The van der Waals surface area contributed by atoms with Crippen LogP contribution in [0.1, 0.15) is 53.4 Å². The zero-order valence-corrected chi connectivity index (χ0v) is 13.7. The van der Waals surface area contributed by atoms with Crippen LogP contribution in [0.15, 0.2) is 0 Å². The number of ether oxygens (including phenoxy) is 1. The van der Waals surface area contributed by atoms with E-state index >= 15 is 0 Å². The Morgan fingerprint density at radius 2 is 1.63 bits per heavy atom. The van der Waals surface area contributed by atoms with Crippen LogP contribution in [0.3, 0.4) is 0 Å². The van der Waals surface area contributed by atoms with Gasteiger partial charge in [0.25, 0.3) is 0 Å². The number of epoxide rings is 1. The van der Waals surface area contributed by atoms with Crippen molar-refractivity contribution in [3.63, 3.8) is 0 Å². The summed E-state index contributed by atoms with van der Waals surface area (Å²) in [5, 5.41) is -0.235. The Morgan fingerprint density at radius 3 is 2.05 bits per heavy atom. The molecule has 3 unspecified atom stereocenters. The fourth-order valence-electron chi connectivity index (χ4n) is 3.37. The van der Waals surface area contributed by atoms with E-state index in [4.69, 9.17) is 18.0 Å². The fourth-order valence-corrected chi connectivity index (χ4v) is 6.74. The van der Waals surface area contributed by atoms with Crippen molar-refractivity contribution in [2.45, 2.75) is 64.7 Å². The first-order valence-corrected chi connectivity index (χ1v) is 9.50. The minimum Gasteiger partial charge on any atom is -0.372 e. The van der Waals surface area contributed by atoms with Crippen molar-refractivity contribution in [1.82, 2.24) is 0 Å². The molecule has 2 aliphatic rings. The molecule has 1 saturated carbocycles. The van der Waals surface area contributed by atoms with Gasteiger partial charge in [-0.1, -0.05) is 13.3 Å². The highest BCUT2D eigenvalue weighted by Crippen LogP contribution is 2.56. The van der Waals surface area contributed by atoms with E-state index < -0.39 is 8.80 Å². The molecule has 5 heteroatoms. The summed E-state index contributed by atoms with van der Waals surface area (Å²) in [7, 11) is -2.71. The van der Waals surface area contributed by atoms with E-state index in [-0.39, 0.29) is 5.22 Å². The first kappa shape index (κ1) is 15.4. The Morgan fingerprint density at radius 1 is 1.05 bits per heavy atom. The standard InChI is InChI=1S/C14H28O4Si/c1-5-12-9-10-14(13(11-12)18-14)19(15-6-2,16-7-3)17-8-4/h12-13H,5-11H2,1-4H3. The highest BCUT2D eigenvalue weighted by Gasteiger charge is 2.77. The van der Waals surface area contributed by atoms with Crippen molar-refractivity contribution in [2.24, 2.45) is 5.92 Å². The summed E-state index contributed by atoms with van der Waals surface area (Å²) in [5.74, 6) is 0.789. The van der Waals surface area contributed by atoms with E-state index in [2.05, 4.69) is 6.92 Å². The molecule has 1 saturated heterocycles. The Balaban J connectivity index is 2.15. The maximum atomic E-state index is 6.11. The van der Waals surface area contributed by atoms with Crippen molar-refractivity contribution in [3.05, 3.63) is 0 Å². The highest BCUT2D eigenvalue weighted by atomic mass is 28.4. The number of hydrogen-bond acceptors (Lipinski definition) is 4. The van der Waals surface area contributed by atoms with Gasteiger partial charge in [0.05, 0.1) is 6.10 Å². The summed E-state index contributed by atoms with van der Waals surface area (Å²) in [6.07, 6.45) is 4.90. The summed E-state index contributed by atoms with van der Waals surface area (Å²) in [4.78, 5) is 0. The molecule has 19 heavy (non-hydrogen) atoms. The van der Waals surface area contributed by atoms with Gasteiger partial charge < -0.3 is 18.0 Å². The predicted molar refractivity (Wildman–Crippen MR) is 75.9 cm³/mol. The van der Waals surface area contributed by atoms with E-state index in [1.54, 1.807) is 0 Å². The van der Waals surface area contributed by atoms with Gasteiger partial charge >= 0.3 is 8.80 Å². The summed E-state index contributed by atoms with van der Waals surface area (Å²) in [6, 6.07) is 0. The van der Waals surface area contributed by atoms with Gasteiger partial charge in [0.1, 0.15) is 0 Å². The lowest BCUT2D eigenvalue weighted by Crippen LogP contribution is -2.61. The summed E-state index contributed by atoms with van der Waals surface area (Å²) in [6.45, 7) is 10.2. The zero-order chi connectivity index (χ0) is 13.9. The maximum Gasteiger partial charge on any atom is 0.537 e. The average Bonchev–Trinajstić information content (AvgIpc) is 3.14. The van der Waals surface area contributed by atoms with Crippen LogP contribution in [-0.2, 0) is 18.0 Å². The Hall–Kier alpha value is 0.0569. The Kier molecular flexibility index (Phi) is 5.06. The van der Waals surface area contributed by atoms with Gasteiger partial charge in [-0.25, -0.2) is 0 Å². The largest absolute Gasteiger partial charge is 0.537 e. The molecule has 0 aromatic heterocycles. The normalized spacial score (nSPS) is 34.1. The summed E-state index contributed by atoms with van der Waals surface area (Å²) in [5.41, 5.74) is 0. The monoisotopic (exact) mass is 288 g/mol. The molecule has 4 nitrogen and oxygen atoms in total. The third kappa shape index (κ3) is 2.63. The van der Waals surface area contributed by atoms with Gasteiger partial charge in [0.2, 0.25) is 0 Å². The van der Waals surface area contributed by atoms with E-state index in [0.717, 1.165) is 18.8 Å². The highest BCUT2D eigenvalue weighted by molar-refractivity contribution is 6.65. The lowest BCUT2D eigenvalue weighted by molar-refractivity contribution is 0.0391.